The van der Waals surface area contributed by atoms with Gasteiger partial charge in [0.05, 0.1) is 36.4 Å². The van der Waals surface area contributed by atoms with Crippen LogP contribution in [0.4, 0.5) is 18.0 Å². The van der Waals surface area contributed by atoms with Crippen LogP contribution in [0.2, 0.25) is 0 Å². The van der Waals surface area contributed by atoms with Crippen molar-refractivity contribution in [3.63, 3.8) is 0 Å². The second-order valence-corrected chi connectivity index (χ2v) is 15.1. The zero-order chi connectivity index (χ0) is 38.1. The van der Waals surface area contributed by atoms with E-state index in [1.165, 1.54) is 11.8 Å². The molecule has 0 aromatic heterocycles. The number of alkyl halides is 3. The Morgan fingerprint density at radius 2 is 1.88 bits per heavy atom. The van der Waals surface area contributed by atoms with E-state index < -0.39 is 66.2 Å². The van der Waals surface area contributed by atoms with Gasteiger partial charge in [-0.1, -0.05) is 45.1 Å². The molecule has 2 saturated heterocycles. The number of esters is 1. The molecule has 292 valence electrons. The fraction of sp³-hybridized carbons (Fsp3) is 0.784. The summed E-state index contributed by atoms with van der Waals surface area (Å²) >= 11 is 0. The molecule has 3 aliphatic rings. The van der Waals surface area contributed by atoms with Gasteiger partial charge < -0.3 is 39.5 Å². The first-order valence-corrected chi connectivity index (χ1v) is 18.2. The van der Waals surface area contributed by atoms with Crippen LogP contribution in [0.25, 0.3) is 0 Å². The van der Waals surface area contributed by atoms with Crippen molar-refractivity contribution in [1.82, 2.24) is 9.80 Å². The topological polar surface area (TPSA) is 153 Å². The number of nitrogens with zero attached hydrogens (tertiary/aromatic N) is 2. The van der Waals surface area contributed by atoms with Crippen LogP contribution in [0.15, 0.2) is 36.0 Å². The molecule has 0 saturated carbocycles. The number of halogens is 3. The summed E-state index contributed by atoms with van der Waals surface area (Å²) in [5.74, 6) is -1.11. The number of rotatable bonds is 12. The summed E-state index contributed by atoms with van der Waals surface area (Å²) in [6, 6.07) is 0. The van der Waals surface area contributed by atoms with Gasteiger partial charge in [0, 0.05) is 50.9 Å². The number of piperazine rings is 1. The first kappa shape index (κ1) is 42.9. The lowest BCUT2D eigenvalue weighted by Crippen LogP contribution is -2.51. The molecule has 14 heteroatoms. The van der Waals surface area contributed by atoms with Crippen molar-refractivity contribution in [1.29, 1.82) is 0 Å². The Morgan fingerprint density at radius 3 is 2.51 bits per heavy atom. The minimum Gasteiger partial charge on any atom is -0.457 e. The summed E-state index contributed by atoms with van der Waals surface area (Å²) in [4.78, 5) is 29.4. The second-order valence-electron chi connectivity index (χ2n) is 15.1. The van der Waals surface area contributed by atoms with E-state index in [0.29, 0.717) is 31.5 Å². The van der Waals surface area contributed by atoms with Gasteiger partial charge in [-0.05, 0) is 64.6 Å². The van der Waals surface area contributed by atoms with Gasteiger partial charge >= 0.3 is 18.2 Å². The summed E-state index contributed by atoms with van der Waals surface area (Å²) in [6.45, 7) is 12.2. The van der Waals surface area contributed by atoms with Crippen LogP contribution in [0.3, 0.4) is 0 Å². The molecule has 10 unspecified atom stereocenters. The van der Waals surface area contributed by atoms with Crippen molar-refractivity contribution in [2.45, 2.75) is 140 Å². The van der Waals surface area contributed by atoms with E-state index in [1.54, 1.807) is 51.2 Å². The molecule has 0 aromatic carbocycles. The summed E-state index contributed by atoms with van der Waals surface area (Å²) in [7, 11) is 0. The highest BCUT2D eigenvalue weighted by Crippen LogP contribution is 2.37. The quantitative estimate of drug-likeness (QED) is 0.0965. The third-order valence-corrected chi connectivity index (χ3v) is 10.2. The minimum atomic E-state index is -4.21. The number of carbonyl (C=O) groups excluding carboxylic acids is 2. The summed E-state index contributed by atoms with van der Waals surface area (Å²) in [6.07, 6.45) is -0.509. The molecule has 0 bridgehead atoms. The molecule has 11 nitrogen and oxygen atoms in total. The van der Waals surface area contributed by atoms with E-state index in [-0.39, 0.29) is 63.4 Å². The molecule has 0 spiro atoms. The first-order valence-electron chi connectivity index (χ1n) is 18.2. The SMILES string of the molecule is CCC(O)C(C)C1OC1CC(C)(O)/C=C/C=C(\C)C1OC(=O)CC(O)CCC(C)(O)C(OC(=O)N2CCN(CCCC(F)(F)F)CC2)/C=C\C1C. The number of cyclic esters (lactones) is 1. The van der Waals surface area contributed by atoms with Crippen molar-refractivity contribution in [3.05, 3.63) is 36.0 Å². The van der Waals surface area contributed by atoms with E-state index in [9.17, 15) is 43.2 Å². The number of aliphatic hydroxyl groups is 4. The predicted molar refractivity (Wildman–Crippen MR) is 184 cm³/mol. The van der Waals surface area contributed by atoms with Crippen molar-refractivity contribution in [2.24, 2.45) is 11.8 Å². The van der Waals surface area contributed by atoms with Crippen LogP contribution >= 0.6 is 0 Å². The average Bonchev–Trinajstić information content (AvgIpc) is 3.80. The molecule has 2 fully saturated rings. The van der Waals surface area contributed by atoms with E-state index in [4.69, 9.17) is 14.2 Å². The molecule has 10 atom stereocenters. The Kier molecular flexibility index (Phi) is 15.6. The third-order valence-electron chi connectivity index (χ3n) is 10.2. The van der Waals surface area contributed by atoms with Gasteiger partial charge in [0.2, 0.25) is 0 Å². The van der Waals surface area contributed by atoms with Gasteiger partial charge in [-0.3, -0.25) is 9.69 Å². The number of ether oxygens (including phenoxy) is 3. The highest BCUT2D eigenvalue weighted by molar-refractivity contribution is 5.70. The first-order chi connectivity index (χ1) is 23.7. The number of carbonyl (C=O) groups is 2. The monoisotopic (exact) mass is 732 g/mol. The Balaban J connectivity index is 1.69. The predicted octanol–water partition coefficient (Wildman–Crippen LogP) is 4.67. The highest BCUT2D eigenvalue weighted by Gasteiger charge is 2.47. The molecule has 0 aliphatic carbocycles. The number of hydrogen-bond acceptors (Lipinski definition) is 10. The highest BCUT2D eigenvalue weighted by atomic mass is 19.4. The molecule has 4 N–H and O–H groups in total. The van der Waals surface area contributed by atoms with Gasteiger partial charge in [-0.25, -0.2) is 4.79 Å². The van der Waals surface area contributed by atoms with Gasteiger partial charge in [0.1, 0.15) is 11.7 Å². The van der Waals surface area contributed by atoms with E-state index in [2.05, 4.69) is 0 Å². The molecule has 0 aromatic rings. The maximum Gasteiger partial charge on any atom is 0.410 e. The molecule has 51 heavy (non-hydrogen) atoms. The fourth-order valence-electron chi connectivity index (χ4n) is 6.64. The Morgan fingerprint density at radius 1 is 1.22 bits per heavy atom. The number of epoxide rings is 1. The Bertz CT molecular complexity index is 1230. The zero-order valence-electron chi connectivity index (χ0n) is 30.8. The van der Waals surface area contributed by atoms with Crippen LogP contribution in [0, 0.1) is 11.8 Å². The lowest BCUT2D eigenvalue weighted by atomic mass is 9.88. The van der Waals surface area contributed by atoms with Gasteiger partial charge in [0.15, 0.2) is 6.10 Å². The van der Waals surface area contributed by atoms with Crippen molar-refractivity contribution < 1.29 is 57.4 Å². The van der Waals surface area contributed by atoms with E-state index >= 15 is 0 Å². The van der Waals surface area contributed by atoms with Crippen LogP contribution in [-0.4, -0.2) is 129 Å². The molecule has 1 amide bonds. The van der Waals surface area contributed by atoms with Gasteiger partial charge in [-0.15, -0.1) is 0 Å². The maximum atomic E-state index is 13.2. The summed E-state index contributed by atoms with van der Waals surface area (Å²) in [5, 5.41) is 43.2. The minimum absolute atomic E-state index is 0.0168. The van der Waals surface area contributed by atoms with Gasteiger partial charge in [0.25, 0.3) is 0 Å². The number of aliphatic hydroxyl groups excluding tert-OH is 2. The summed E-state index contributed by atoms with van der Waals surface area (Å²) in [5.41, 5.74) is -2.15. The maximum absolute atomic E-state index is 13.2. The van der Waals surface area contributed by atoms with E-state index in [1.807, 2.05) is 18.7 Å². The van der Waals surface area contributed by atoms with Crippen LogP contribution in [0.5, 0.6) is 0 Å². The van der Waals surface area contributed by atoms with Crippen molar-refractivity contribution in [2.75, 3.05) is 32.7 Å². The van der Waals surface area contributed by atoms with Crippen LogP contribution in [-0.2, 0) is 19.0 Å². The molecule has 3 aliphatic heterocycles. The standard InChI is InChI=1S/C37H59F3N2O9/c1-7-28(44)26(4)33-29(49-33)23-35(5,47)14-8-10-24(2)32-25(3)11-12-30(36(6,48)16-13-27(43)22-31(45)51-32)50-34(46)42-20-18-41(19-21-42)17-9-15-37(38,39)40/h8,10-12,14,25-30,32-33,43-44,47-48H,7,9,13,15-23H2,1-6H3/b12-11-,14-8+,24-10+. The molecular weight excluding hydrogens is 673 g/mol. The molecular formula is C37H59F3N2O9. The van der Waals surface area contributed by atoms with Gasteiger partial charge in [-0.2, -0.15) is 13.2 Å². The smallest absolute Gasteiger partial charge is 0.410 e. The largest absolute Gasteiger partial charge is 0.457 e. The fourth-order valence-corrected chi connectivity index (χ4v) is 6.64. The molecule has 3 rings (SSSR count). The third kappa shape index (κ3) is 14.1. The number of allylic oxidation sites excluding steroid dienone is 2. The second kappa shape index (κ2) is 18.5. The lowest BCUT2D eigenvalue weighted by Gasteiger charge is -2.37. The Labute approximate surface area is 300 Å². The lowest BCUT2D eigenvalue weighted by molar-refractivity contribution is -0.151. The molecule has 3 heterocycles. The van der Waals surface area contributed by atoms with Crippen molar-refractivity contribution in [3.8, 4) is 0 Å². The average molecular weight is 733 g/mol. The Hall–Kier alpha value is -2.49. The van der Waals surface area contributed by atoms with Crippen LogP contribution < -0.4 is 0 Å². The molecule has 0 radical (unpaired) electrons. The van der Waals surface area contributed by atoms with E-state index in [0.717, 1.165) is 0 Å². The number of hydrogen-bond donors (Lipinski definition) is 4. The van der Waals surface area contributed by atoms with Crippen molar-refractivity contribution >= 4 is 12.1 Å². The number of amides is 1. The normalized spacial score (nSPS) is 33.4. The zero-order valence-corrected chi connectivity index (χ0v) is 30.8. The summed E-state index contributed by atoms with van der Waals surface area (Å²) < 4.78 is 55.0. The van der Waals surface area contributed by atoms with Crippen LogP contribution in [0.1, 0.15) is 86.5 Å².